The van der Waals surface area contributed by atoms with Gasteiger partial charge in [-0.3, -0.25) is 9.59 Å². The van der Waals surface area contributed by atoms with Crippen LogP contribution in [0.3, 0.4) is 0 Å². The van der Waals surface area contributed by atoms with E-state index >= 15 is 0 Å². The Labute approximate surface area is 246 Å². The summed E-state index contributed by atoms with van der Waals surface area (Å²) in [5.41, 5.74) is -1.39. The minimum atomic E-state index is -4.94. The first kappa shape index (κ1) is 30.5. The van der Waals surface area contributed by atoms with Gasteiger partial charge in [-0.15, -0.1) is 0 Å². The molecule has 3 aliphatic carbocycles. The van der Waals surface area contributed by atoms with Crippen molar-refractivity contribution in [1.29, 1.82) is 0 Å². The average molecular weight is 604 g/mol. The number of amides is 2. The normalized spacial score (nSPS) is 24.1. The van der Waals surface area contributed by atoms with E-state index in [4.69, 9.17) is 9.47 Å². The molecule has 8 nitrogen and oxygen atoms in total. The number of allylic oxidation sites excluding steroid dienone is 1. The second-order valence-corrected chi connectivity index (χ2v) is 12.3. The van der Waals surface area contributed by atoms with Crippen LogP contribution in [0.5, 0.6) is 5.88 Å². The van der Waals surface area contributed by atoms with Crippen LogP contribution in [0.15, 0.2) is 42.1 Å². The molecule has 2 aromatic rings. The van der Waals surface area contributed by atoms with Gasteiger partial charge in [-0.2, -0.15) is 13.2 Å². The number of esters is 1. The SMILES string of the molecule is COc1ncc(C(=O)OC(C)(C)C)cc1C(=O)N[C@H]1[C@@H](C(=O)Nc2ccc(F)c(C(F)(F)F)c2)[C@H]2CC[C@@H]1/C2=C\C1CC1. The van der Waals surface area contributed by atoms with Gasteiger partial charge in [-0.1, -0.05) is 11.6 Å². The van der Waals surface area contributed by atoms with Crippen LogP contribution in [0.25, 0.3) is 0 Å². The van der Waals surface area contributed by atoms with Crippen molar-refractivity contribution in [3.63, 3.8) is 0 Å². The predicted octanol–water partition coefficient (Wildman–Crippen LogP) is 5.93. The number of fused-ring (bicyclic) bond motifs is 2. The number of hydrogen-bond donors (Lipinski definition) is 2. The summed E-state index contributed by atoms with van der Waals surface area (Å²) in [5, 5.41) is 5.48. The number of halogens is 4. The zero-order valence-corrected chi connectivity index (χ0v) is 24.2. The summed E-state index contributed by atoms with van der Waals surface area (Å²) < 4.78 is 64.4. The Hall–Kier alpha value is -3.96. The van der Waals surface area contributed by atoms with Crippen molar-refractivity contribution in [1.82, 2.24) is 10.3 Å². The highest BCUT2D eigenvalue weighted by molar-refractivity contribution is 6.01. The highest BCUT2D eigenvalue weighted by atomic mass is 19.4. The number of methoxy groups -OCH3 is 1. The molecule has 2 N–H and O–H groups in total. The van der Waals surface area contributed by atoms with E-state index in [1.165, 1.54) is 19.4 Å². The van der Waals surface area contributed by atoms with Gasteiger partial charge in [0.05, 0.1) is 24.2 Å². The Morgan fingerprint density at radius 3 is 2.35 bits per heavy atom. The van der Waals surface area contributed by atoms with Gasteiger partial charge < -0.3 is 20.1 Å². The number of alkyl halides is 3. The number of hydrogen-bond acceptors (Lipinski definition) is 6. The number of rotatable bonds is 7. The molecule has 12 heteroatoms. The Balaban J connectivity index is 1.43. The van der Waals surface area contributed by atoms with E-state index in [1.807, 2.05) is 0 Å². The second kappa shape index (κ2) is 11.3. The molecule has 230 valence electrons. The first-order valence-electron chi connectivity index (χ1n) is 14.1. The van der Waals surface area contributed by atoms with E-state index in [1.54, 1.807) is 20.8 Å². The minimum absolute atomic E-state index is 0.0335. The van der Waals surface area contributed by atoms with Crippen molar-refractivity contribution >= 4 is 23.5 Å². The summed E-state index contributed by atoms with van der Waals surface area (Å²) in [7, 11) is 1.33. The number of benzene rings is 1. The largest absolute Gasteiger partial charge is 0.480 e. The maximum atomic E-state index is 13.9. The highest BCUT2D eigenvalue weighted by Crippen LogP contribution is 2.54. The number of carbonyl (C=O) groups is 3. The van der Waals surface area contributed by atoms with Gasteiger partial charge in [-0.25, -0.2) is 14.2 Å². The lowest BCUT2D eigenvalue weighted by atomic mass is 9.83. The molecule has 3 saturated carbocycles. The lowest BCUT2D eigenvalue weighted by Crippen LogP contribution is -2.48. The lowest BCUT2D eigenvalue weighted by molar-refractivity contribution is -0.140. The van der Waals surface area contributed by atoms with Gasteiger partial charge in [0, 0.05) is 23.8 Å². The van der Waals surface area contributed by atoms with Crippen molar-refractivity contribution < 1.29 is 41.4 Å². The molecule has 0 unspecified atom stereocenters. The van der Waals surface area contributed by atoms with E-state index in [2.05, 4.69) is 21.7 Å². The van der Waals surface area contributed by atoms with Crippen LogP contribution in [0, 0.1) is 29.5 Å². The van der Waals surface area contributed by atoms with Crippen molar-refractivity contribution in [2.75, 3.05) is 12.4 Å². The summed E-state index contributed by atoms with van der Waals surface area (Å²) in [5.74, 6) is -4.12. The van der Waals surface area contributed by atoms with Gasteiger partial charge in [0.25, 0.3) is 5.91 Å². The minimum Gasteiger partial charge on any atom is -0.480 e. The zero-order valence-electron chi connectivity index (χ0n) is 24.2. The summed E-state index contributed by atoms with van der Waals surface area (Å²) in [4.78, 5) is 44.1. The van der Waals surface area contributed by atoms with Crippen LogP contribution in [0.2, 0.25) is 0 Å². The molecule has 1 aromatic heterocycles. The predicted molar refractivity (Wildman–Crippen MR) is 148 cm³/mol. The number of nitrogens with zero attached hydrogens (tertiary/aromatic N) is 1. The molecular formula is C31H33F4N3O5. The van der Waals surface area contributed by atoms with Crippen LogP contribution in [0.4, 0.5) is 23.2 Å². The monoisotopic (exact) mass is 603 g/mol. The van der Waals surface area contributed by atoms with E-state index in [-0.39, 0.29) is 34.5 Å². The average Bonchev–Trinajstić information content (AvgIpc) is 3.60. The third-order valence-corrected chi connectivity index (χ3v) is 8.01. The molecule has 1 aromatic carbocycles. The molecule has 0 spiro atoms. The van der Waals surface area contributed by atoms with Crippen LogP contribution in [0.1, 0.15) is 72.7 Å². The van der Waals surface area contributed by atoms with Crippen molar-refractivity contribution in [2.45, 2.75) is 64.3 Å². The molecule has 3 aliphatic rings. The van der Waals surface area contributed by atoms with E-state index < -0.39 is 52.9 Å². The Morgan fingerprint density at radius 2 is 1.72 bits per heavy atom. The maximum Gasteiger partial charge on any atom is 0.419 e. The lowest BCUT2D eigenvalue weighted by Gasteiger charge is -2.30. The molecule has 4 atom stereocenters. The molecule has 43 heavy (non-hydrogen) atoms. The van der Waals surface area contributed by atoms with Gasteiger partial charge in [0.1, 0.15) is 17.0 Å². The summed E-state index contributed by atoms with van der Waals surface area (Å²) in [6.45, 7) is 5.12. The number of ether oxygens (including phenoxy) is 2. The zero-order chi connectivity index (χ0) is 31.3. The van der Waals surface area contributed by atoms with Gasteiger partial charge in [0.15, 0.2) is 0 Å². The fourth-order valence-corrected chi connectivity index (χ4v) is 6.06. The second-order valence-electron chi connectivity index (χ2n) is 12.3. The molecular weight excluding hydrogens is 570 g/mol. The van der Waals surface area contributed by atoms with Gasteiger partial charge in [0.2, 0.25) is 11.8 Å². The molecule has 0 radical (unpaired) electrons. The Morgan fingerprint density at radius 1 is 1.02 bits per heavy atom. The highest BCUT2D eigenvalue weighted by Gasteiger charge is 2.55. The van der Waals surface area contributed by atoms with Crippen LogP contribution in [-0.4, -0.2) is 41.5 Å². The van der Waals surface area contributed by atoms with E-state index in [0.717, 1.165) is 30.9 Å². The molecule has 0 aliphatic heterocycles. The number of carbonyl (C=O) groups excluding carboxylic acids is 3. The number of anilines is 1. The van der Waals surface area contributed by atoms with Gasteiger partial charge >= 0.3 is 12.1 Å². The van der Waals surface area contributed by atoms with E-state index in [0.29, 0.717) is 24.5 Å². The Kier molecular flexibility index (Phi) is 8.00. The Bertz CT molecular complexity index is 1480. The third kappa shape index (κ3) is 6.52. The first-order valence-corrected chi connectivity index (χ1v) is 14.1. The number of aromatic nitrogens is 1. The summed E-state index contributed by atoms with van der Waals surface area (Å²) in [6.07, 6.45) is 1.95. The fraction of sp³-hybridized carbons (Fsp3) is 0.484. The molecule has 1 heterocycles. The van der Waals surface area contributed by atoms with Crippen LogP contribution in [-0.2, 0) is 15.7 Å². The van der Waals surface area contributed by atoms with Crippen LogP contribution < -0.4 is 15.4 Å². The van der Waals surface area contributed by atoms with Crippen LogP contribution >= 0.6 is 0 Å². The molecule has 2 bridgehead atoms. The standard InChI is InChI=1S/C31H33F4N3O5/c1-30(2,3)43-29(41)16-12-21(28(42-4)36-14-16)26(39)38-25-19-9-8-18(20(19)11-15-5-6-15)24(25)27(40)37-17-7-10-23(32)22(13-17)31(33,34)35/h7,10-15,18-19,24-25H,5-6,8-9H2,1-4H3,(H,37,40)(H,38,39)/b20-11-/t18-,19+,24-,25+/m0/s1. The van der Waals surface area contributed by atoms with Crippen molar-refractivity contribution in [2.24, 2.45) is 23.7 Å². The maximum absolute atomic E-state index is 13.9. The van der Waals surface area contributed by atoms with Crippen molar-refractivity contribution in [3.8, 4) is 5.88 Å². The molecule has 2 amide bonds. The smallest absolute Gasteiger partial charge is 0.419 e. The molecule has 5 rings (SSSR count). The van der Waals surface area contributed by atoms with Crippen molar-refractivity contribution in [3.05, 3.63) is 64.6 Å². The summed E-state index contributed by atoms with van der Waals surface area (Å²) in [6, 6.07) is 2.92. The quantitative estimate of drug-likeness (QED) is 0.231. The number of pyridine rings is 1. The molecule has 0 saturated heterocycles. The van der Waals surface area contributed by atoms with Gasteiger partial charge in [-0.05, 0) is 82.6 Å². The number of nitrogens with one attached hydrogen (secondary N) is 2. The molecule has 3 fully saturated rings. The summed E-state index contributed by atoms with van der Waals surface area (Å²) >= 11 is 0. The topological polar surface area (TPSA) is 107 Å². The van der Waals surface area contributed by atoms with E-state index in [9.17, 15) is 31.9 Å². The fourth-order valence-electron chi connectivity index (χ4n) is 6.06. The third-order valence-electron chi connectivity index (χ3n) is 8.01. The first-order chi connectivity index (χ1) is 20.2.